The first-order valence-electron chi connectivity index (χ1n) is 8.90. The molecule has 0 aliphatic carbocycles. The lowest BCUT2D eigenvalue weighted by atomic mass is 10.1. The highest BCUT2D eigenvalue weighted by molar-refractivity contribution is 7.05. The lowest BCUT2D eigenvalue weighted by Gasteiger charge is -2.26. The van der Waals surface area contributed by atoms with Crippen LogP contribution in [-0.4, -0.2) is 46.1 Å². The van der Waals surface area contributed by atoms with Gasteiger partial charge >= 0.3 is 0 Å². The predicted octanol–water partition coefficient (Wildman–Crippen LogP) is 4.02. The number of halogens is 1. The summed E-state index contributed by atoms with van der Waals surface area (Å²) in [7, 11) is 4.03. The summed E-state index contributed by atoms with van der Waals surface area (Å²) >= 11 is 1.41. The molecule has 1 aromatic carbocycles. The summed E-state index contributed by atoms with van der Waals surface area (Å²) in [5.41, 5.74) is 2.65. The van der Waals surface area contributed by atoms with Crippen LogP contribution in [0.3, 0.4) is 0 Å². The number of nitrogens with zero attached hydrogens (tertiary/aromatic N) is 4. The van der Waals surface area contributed by atoms with E-state index in [0.29, 0.717) is 11.3 Å². The summed E-state index contributed by atoms with van der Waals surface area (Å²) in [5, 5.41) is 1.86. The van der Waals surface area contributed by atoms with Gasteiger partial charge in [-0.05, 0) is 51.5 Å². The smallest absolute Gasteiger partial charge is 0.175 e. The minimum atomic E-state index is -0.188. The first-order chi connectivity index (χ1) is 12.6. The third kappa shape index (κ3) is 3.04. The van der Waals surface area contributed by atoms with Crippen LogP contribution in [0.2, 0.25) is 0 Å². The quantitative estimate of drug-likeness (QED) is 0.692. The molecule has 5 nitrogen and oxygen atoms in total. The summed E-state index contributed by atoms with van der Waals surface area (Å²) in [6, 6.07) is 5.52. The van der Waals surface area contributed by atoms with E-state index in [1.807, 2.05) is 20.2 Å². The van der Waals surface area contributed by atoms with Crippen molar-refractivity contribution in [3.63, 3.8) is 0 Å². The van der Waals surface area contributed by atoms with E-state index in [4.69, 9.17) is 9.72 Å². The monoisotopic (exact) mass is 374 g/mol. The molecule has 0 amide bonds. The van der Waals surface area contributed by atoms with Crippen LogP contribution in [0, 0.1) is 12.7 Å². The van der Waals surface area contributed by atoms with Crippen LogP contribution in [0.25, 0.3) is 22.3 Å². The van der Waals surface area contributed by atoms with Gasteiger partial charge in [-0.25, -0.2) is 9.37 Å². The van der Waals surface area contributed by atoms with E-state index in [0.717, 1.165) is 54.3 Å². The van der Waals surface area contributed by atoms with Crippen LogP contribution in [0.1, 0.15) is 29.6 Å². The maximum Gasteiger partial charge on any atom is 0.175 e. The Morgan fingerprint density at radius 3 is 2.81 bits per heavy atom. The number of aromatic nitrogens is 3. The highest BCUT2D eigenvalue weighted by atomic mass is 32.1. The van der Waals surface area contributed by atoms with Crippen LogP contribution < -0.4 is 0 Å². The molecule has 0 N–H and O–H groups in total. The normalized spacial score (nSPS) is 16.0. The van der Waals surface area contributed by atoms with Crippen molar-refractivity contribution in [1.82, 2.24) is 18.8 Å². The van der Waals surface area contributed by atoms with Crippen molar-refractivity contribution < 1.29 is 9.13 Å². The van der Waals surface area contributed by atoms with E-state index in [1.54, 1.807) is 6.07 Å². The van der Waals surface area contributed by atoms with E-state index in [-0.39, 0.29) is 11.9 Å². The van der Waals surface area contributed by atoms with Crippen molar-refractivity contribution in [2.24, 2.45) is 0 Å². The molecule has 0 radical (unpaired) electrons. The molecule has 3 heterocycles. The third-order valence-electron chi connectivity index (χ3n) is 4.92. The lowest BCUT2D eigenvalue weighted by molar-refractivity contribution is 0.0702. The lowest BCUT2D eigenvalue weighted by Crippen LogP contribution is -2.20. The van der Waals surface area contributed by atoms with Gasteiger partial charge in [-0.1, -0.05) is 12.1 Å². The first-order valence-corrected chi connectivity index (χ1v) is 9.68. The summed E-state index contributed by atoms with van der Waals surface area (Å²) < 4.78 is 27.0. The average molecular weight is 374 g/mol. The second-order valence-electron chi connectivity index (χ2n) is 7.06. The van der Waals surface area contributed by atoms with E-state index >= 15 is 0 Å². The third-order valence-corrected chi connectivity index (χ3v) is 5.61. The van der Waals surface area contributed by atoms with Gasteiger partial charge in [-0.3, -0.25) is 0 Å². The van der Waals surface area contributed by atoms with Gasteiger partial charge in [0.05, 0.1) is 12.1 Å². The topological polar surface area (TPSA) is 43.2 Å². The van der Waals surface area contributed by atoms with E-state index < -0.39 is 0 Å². The molecular weight excluding hydrogens is 351 g/mol. The highest BCUT2D eigenvalue weighted by Gasteiger charge is 2.26. The van der Waals surface area contributed by atoms with Crippen LogP contribution in [-0.2, 0) is 11.3 Å². The molecule has 0 unspecified atom stereocenters. The van der Waals surface area contributed by atoms with Crippen LogP contribution in [0.15, 0.2) is 18.2 Å². The maximum absolute atomic E-state index is 14.8. The Balaban J connectivity index is 1.88. The van der Waals surface area contributed by atoms with Gasteiger partial charge in [0, 0.05) is 35.9 Å². The Bertz CT molecular complexity index is 927. The number of fused-ring (bicyclic) bond motifs is 1. The van der Waals surface area contributed by atoms with Crippen molar-refractivity contribution in [2.45, 2.75) is 32.4 Å². The molecule has 0 saturated carbocycles. The fraction of sp³-hybridized carbons (Fsp3) is 0.474. The number of hydrogen-bond donors (Lipinski definition) is 0. The Morgan fingerprint density at radius 2 is 2.08 bits per heavy atom. The second kappa shape index (κ2) is 7.06. The maximum atomic E-state index is 14.8. The molecule has 1 saturated heterocycles. The number of hydrogen-bond acceptors (Lipinski definition) is 5. The SMILES string of the molecule is Cc1c(-c2nsc(CN(C)C)n2)c2cccc(F)c2n1C1CCOCC1. The average Bonchev–Trinajstić information content (AvgIpc) is 3.17. The van der Waals surface area contributed by atoms with E-state index in [1.165, 1.54) is 17.6 Å². The molecule has 4 rings (SSSR count). The summed E-state index contributed by atoms with van der Waals surface area (Å²) in [6.07, 6.45) is 1.80. The first kappa shape index (κ1) is 17.6. The van der Waals surface area contributed by atoms with E-state index in [2.05, 4.69) is 20.8 Å². The van der Waals surface area contributed by atoms with Crippen LogP contribution in [0.5, 0.6) is 0 Å². The molecule has 26 heavy (non-hydrogen) atoms. The van der Waals surface area contributed by atoms with Crippen LogP contribution >= 0.6 is 11.5 Å². The molecule has 3 aromatic rings. The molecule has 1 aliphatic heterocycles. The fourth-order valence-corrected chi connectivity index (χ4v) is 4.59. The Labute approximate surface area is 156 Å². The number of rotatable bonds is 4. The minimum Gasteiger partial charge on any atom is -0.381 e. The zero-order valence-corrected chi connectivity index (χ0v) is 16.1. The summed E-state index contributed by atoms with van der Waals surface area (Å²) in [5.74, 6) is 0.512. The van der Waals surface area contributed by atoms with Gasteiger partial charge in [0.25, 0.3) is 0 Å². The molecular formula is C19H23FN4OS. The van der Waals surface area contributed by atoms with Crippen molar-refractivity contribution in [3.05, 3.63) is 34.7 Å². The molecule has 138 valence electrons. The van der Waals surface area contributed by atoms with Gasteiger partial charge in [0.1, 0.15) is 10.8 Å². The fourth-order valence-electron chi connectivity index (χ4n) is 3.82. The largest absolute Gasteiger partial charge is 0.381 e. The molecule has 1 fully saturated rings. The Kier molecular flexibility index (Phi) is 4.77. The van der Waals surface area contributed by atoms with Gasteiger partial charge < -0.3 is 14.2 Å². The molecule has 0 atom stereocenters. The standard InChI is InChI=1S/C19H23FN4OS/c1-12-17(19-21-16(26-22-19)11-23(2)3)14-5-4-6-15(20)18(14)24(12)13-7-9-25-10-8-13/h4-6,13H,7-11H2,1-3H3. The number of ether oxygens (including phenoxy) is 1. The molecule has 0 bridgehead atoms. The van der Waals surface area contributed by atoms with Gasteiger partial charge in [-0.2, -0.15) is 4.37 Å². The summed E-state index contributed by atoms with van der Waals surface area (Å²) in [6.45, 7) is 4.24. The van der Waals surface area contributed by atoms with E-state index in [9.17, 15) is 4.39 Å². The summed E-state index contributed by atoms with van der Waals surface area (Å²) in [4.78, 5) is 6.80. The minimum absolute atomic E-state index is 0.188. The van der Waals surface area contributed by atoms with Gasteiger partial charge in [-0.15, -0.1) is 0 Å². The predicted molar refractivity (Wildman–Crippen MR) is 102 cm³/mol. The molecule has 0 spiro atoms. The second-order valence-corrected chi connectivity index (χ2v) is 7.90. The van der Waals surface area contributed by atoms with Crippen LogP contribution in [0.4, 0.5) is 4.39 Å². The Hall–Kier alpha value is -1.83. The zero-order chi connectivity index (χ0) is 18.3. The molecule has 2 aromatic heterocycles. The number of para-hydroxylation sites is 1. The van der Waals surface area contributed by atoms with Gasteiger partial charge in [0.2, 0.25) is 0 Å². The highest BCUT2D eigenvalue weighted by Crippen LogP contribution is 2.39. The van der Waals surface area contributed by atoms with Crippen molar-refractivity contribution in [3.8, 4) is 11.4 Å². The Morgan fingerprint density at radius 1 is 1.31 bits per heavy atom. The van der Waals surface area contributed by atoms with Gasteiger partial charge in [0.15, 0.2) is 5.82 Å². The number of benzene rings is 1. The zero-order valence-electron chi connectivity index (χ0n) is 15.3. The van der Waals surface area contributed by atoms with Crippen molar-refractivity contribution >= 4 is 22.4 Å². The molecule has 1 aliphatic rings. The molecule has 7 heteroatoms. The van der Waals surface area contributed by atoms with Crippen molar-refractivity contribution in [2.75, 3.05) is 27.3 Å². The van der Waals surface area contributed by atoms with Crippen molar-refractivity contribution in [1.29, 1.82) is 0 Å².